The molecule has 0 bridgehead atoms. The maximum Gasteiger partial charge on any atom is 0.163 e. The Morgan fingerprint density at radius 1 is 1.35 bits per heavy atom. The summed E-state index contributed by atoms with van der Waals surface area (Å²) in [6, 6.07) is 7.86. The van der Waals surface area contributed by atoms with Gasteiger partial charge in [-0.15, -0.1) is 0 Å². The summed E-state index contributed by atoms with van der Waals surface area (Å²) in [7, 11) is 0. The van der Waals surface area contributed by atoms with Gasteiger partial charge in [-0.25, -0.2) is 0 Å². The number of hydrogen-bond acceptors (Lipinski definition) is 3. The van der Waals surface area contributed by atoms with Crippen LogP contribution in [0.2, 0.25) is 0 Å². The molecule has 2 aromatic rings. The number of nitrogens with zero attached hydrogens (tertiary/aromatic N) is 1. The van der Waals surface area contributed by atoms with Crippen molar-refractivity contribution in [3.63, 3.8) is 0 Å². The van der Waals surface area contributed by atoms with Crippen molar-refractivity contribution in [1.82, 2.24) is 10.3 Å². The number of hydrogen-bond donors (Lipinski definition) is 1. The third-order valence-corrected chi connectivity index (χ3v) is 4.16. The molecule has 1 aromatic carbocycles. The number of rotatable bonds is 4. The number of pyridine rings is 1. The lowest BCUT2D eigenvalue weighted by molar-refractivity contribution is 0.0973. The molecule has 3 nitrogen and oxygen atoms in total. The van der Waals surface area contributed by atoms with Gasteiger partial charge < -0.3 is 5.32 Å². The topological polar surface area (TPSA) is 42.0 Å². The third kappa shape index (κ3) is 2.88. The van der Waals surface area contributed by atoms with Crippen LogP contribution in [-0.2, 0) is 0 Å². The fraction of sp³-hybridized carbons (Fsp3) is 0.412. The van der Waals surface area contributed by atoms with E-state index < -0.39 is 0 Å². The first-order chi connectivity index (χ1) is 9.84. The van der Waals surface area contributed by atoms with E-state index in [1.807, 2.05) is 24.3 Å². The van der Waals surface area contributed by atoms with Crippen LogP contribution in [0.1, 0.15) is 36.0 Å². The van der Waals surface area contributed by atoms with Gasteiger partial charge >= 0.3 is 0 Å². The first kappa shape index (κ1) is 13.3. The van der Waals surface area contributed by atoms with Crippen molar-refractivity contribution in [2.24, 2.45) is 5.92 Å². The second-order valence-electron chi connectivity index (χ2n) is 5.58. The van der Waals surface area contributed by atoms with E-state index in [0.717, 1.165) is 35.8 Å². The second kappa shape index (κ2) is 6.14. The average Bonchev–Trinajstić information content (AvgIpc) is 2.53. The quantitative estimate of drug-likeness (QED) is 0.866. The van der Waals surface area contributed by atoms with Gasteiger partial charge in [-0.1, -0.05) is 18.2 Å². The van der Waals surface area contributed by atoms with E-state index in [9.17, 15) is 4.79 Å². The van der Waals surface area contributed by atoms with Gasteiger partial charge in [-0.3, -0.25) is 9.78 Å². The fourth-order valence-electron chi connectivity index (χ4n) is 3.00. The largest absolute Gasteiger partial charge is 0.316 e. The molecule has 20 heavy (non-hydrogen) atoms. The number of nitrogens with one attached hydrogen (secondary N) is 1. The van der Waals surface area contributed by atoms with Gasteiger partial charge in [-0.2, -0.15) is 0 Å². The summed E-state index contributed by atoms with van der Waals surface area (Å²) >= 11 is 0. The van der Waals surface area contributed by atoms with Gasteiger partial charge in [0.1, 0.15) is 0 Å². The molecule has 1 unspecified atom stereocenters. The minimum Gasteiger partial charge on any atom is -0.316 e. The monoisotopic (exact) mass is 268 g/mol. The van der Waals surface area contributed by atoms with E-state index in [0.29, 0.717) is 12.3 Å². The van der Waals surface area contributed by atoms with Crippen molar-refractivity contribution in [3.8, 4) is 0 Å². The first-order valence-electron chi connectivity index (χ1n) is 7.41. The van der Waals surface area contributed by atoms with Gasteiger partial charge in [0.25, 0.3) is 0 Å². The lowest BCUT2D eigenvalue weighted by Crippen LogP contribution is -2.30. The van der Waals surface area contributed by atoms with Crippen LogP contribution in [0.5, 0.6) is 0 Å². The van der Waals surface area contributed by atoms with Gasteiger partial charge in [0.15, 0.2) is 5.78 Å². The molecule has 1 saturated heterocycles. The first-order valence-corrected chi connectivity index (χ1v) is 7.41. The lowest BCUT2D eigenvalue weighted by atomic mass is 9.91. The Bertz CT molecular complexity index is 597. The van der Waals surface area contributed by atoms with Crippen LogP contribution in [0.25, 0.3) is 10.8 Å². The molecular formula is C17H20N2O. The van der Waals surface area contributed by atoms with Crippen LogP contribution in [0.15, 0.2) is 36.7 Å². The molecule has 1 fully saturated rings. The predicted octanol–water partition coefficient (Wildman–Crippen LogP) is 3.20. The zero-order valence-electron chi connectivity index (χ0n) is 11.6. The van der Waals surface area contributed by atoms with Crippen LogP contribution in [0, 0.1) is 5.92 Å². The molecule has 104 valence electrons. The van der Waals surface area contributed by atoms with E-state index in [1.54, 1.807) is 12.4 Å². The maximum atomic E-state index is 12.5. The average molecular weight is 268 g/mol. The van der Waals surface area contributed by atoms with Crippen LogP contribution in [-0.4, -0.2) is 23.9 Å². The second-order valence-corrected chi connectivity index (χ2v) is 5.58. The number of piperidine rings is 1. The minimum atomic E-state index is 0.245. The van der Waals surface area contributed by atoms with Crippen molar-refractivity contribution >= 4 is 16.6 Å². The van der Waals surface area contributed by atoms with Gasteiger partial charge in [0.05, 0.1) is 0 Å². The molecule has 1 aromatic heterocycles. The standard InChI is InChI=1S/C17H20N2O/c20-17(7-6-13-3-2-9-18-11-13)15-5-1-4-14-8-10-19-12-16(14)15/h1,4-5,8,10,12-13,18H,2-3,6-7,9,11H2. The number of benzene rings is 1. The van der Waals surface area contributed by atoms with Crippen LogP contribution in [0.3, 0.4) is 0 Å². The summed E-state index contributed by atoms with van der Waals surface area (Å²) < 4.78 is 0. The maximum absolute atomic E-state index is 12.5. The van der Waals surface area contributed by atoms with Crippen LogP contribution in [0.4, 0.5) is 0 Å². The summed E-state index contributed by atoms with van der Waals surface area (Å²) in [5, 5.41) is 5.47. The van der Waals surface area contributed by atoms with E-state index in [2.05, 4.69) is 10.3 Å². The van der Waals surface area contributed by atoms with Gasteiger partial charge in [0.2, 0.25) is 0 Å². The van der Waals surface area contributed by atoms with Crippen molar-refractivity contribution in [1.29, 1.82) is 0 Å². The third-order valence-electron chi connectivity index (χ3n) is 4.16. The van der Waals surface area contributed by atoms with Gasteiger partial charge in [-0.05, 0) is 49.7 Å². The summed E-state index contributed by atoms with van der Waals surface area (Å²) in [6.45, 7) is 2.18. The normalized spacial score (nSPS) is 19.1. The fourth-order valence-corrected chi connectivity index (χ4v) is 3.00. The van der Waals surface area contributed by atoms with E-state index >= 15 is 0 Å². The number of aromatic nitrogens is 1. The number of carbonyl (C=O) groups is 1. The van der Waals surface area contributed by atoms with Crippen molar-refractivity contribution in [2.45, 2.75) is 25.7 Å². The molecule has 3 heteroatoms. The number of Topliss-reactive ketones (excluding diaryl/α,β-unsaturated/α-hetero) is 1. The molecule has 0 saturated carbocycles. The Labute approximate surface area is 119 Å². The summed E-state index contributed by atoms with van der Waals surface area (Å²) in [4.78, 5) is 16.6. The molecule has 1 aliphatic heterocycles. The highest BCUT2D eigenvalue weighted by atomic mass is 16.1. The molecule has 1 N–H and O–H groups in total. The smallest absolute Gasteiger partial charge is 0.163 e. The molecule has 0 amide bonds. The van der Waals surface area contributed by atoms with Crippen LogP contribution >= 0.6 is 0 Å². The molecule has 3 rings (SSSR count). The Morgan fingerprint density at radius 3 is 3.15 bits per heavy atom. The Balaban J connectivity index is 1.72. The highest BCUT2D eigenvalue weighted by Gasteiger charge is 2.16. The Morgan fingerprint density at radius 2 is 2.30 bits per heavy atom. The Kier molecular flexibility index (Phi) is 4.07. The molecular weight excluding hydrogens is 248 g/mol. The van der Waals surface area contributed by atoms with Crippen molar-refractivity contribution < 1.29 is 4.79 Å². The molecule has 1 atom stereocenters. The zero-order chi connectivity index (χ0) is 13.8. The van der Waals surface area contributed by atoms with E-state index in [1.165, 1.54) is 12.8 Å². The molecule has 0 aliphatic carbocycles. The van der Waals surface area contributed by atoms with Crippen molar-refractivity contribution in [2.75, 3.05) is 13.1 Å². The summed E-state index contributed by atoms with van der Waals surface area (Å²) in [5.74, 6) is 0.898. The molecule has 1 aliphatic rings. The summed E-state index contributed by atoms with van der Waals surface area (Å²) in [5.41, 5.74) is 0.819. The van der Waals surface area contributed by atoms with E-state index in [-0.39, 0.29) is 5.78 Å². The molecule has 0 spiro atoms. The van der Waals surface area contributed by atoms with Crippen LogP contribution < -0.4 is 5.32 Å². The SMILES string of the molecule is O=C(CCC1CCCNC1)c1cccc2ccncc12. The molecule has 0 radical (unpaired) electrons. The summed E-state index contributed by atoms with van der Waals surface area (Å²) in [6.07, 6.45) is 7.67. The molecule has 2 heterocycles. The highest BCUT2D eigenvalue weighted by molar-refractivity contribution is 6.07. The highest BCUT2D eigenvalue weighted by Crippen LogP contribution is 2.22. The zero-order valence-corrected chi connectivity index (χ0v) is 11.6. The number of fused-ring (bicyclic) bond motifs is 1. The Hall–Kier alpha value is -1.74. The number of ketones is 1. The van der Waals surface area contributed by atoms with E-state index in [4.69, 9.17) is 0 Å². The predicted molar refractivity (Wildman–Crippen MR) is 80.9 cm³/mol. The minimum absolute atomic E-state index is 0.245. The van der Waals surface area contributed by atoms with Crippen molar-refractivity contribution in [3.05, 3.63) is 42.2 Å². The van der Waals surface area contributed by atoms with Gasteiger partial charge in [0, 0.05) is 29.8 Å². The number of carbonyl (C=O) groups excluding carboxylic acids is 1. The lowest BCUT2D eigenvalue weighted by Gasteiger charge is -2.22.